The summed E-state index contributed by atoms with van der Waals surface area (Å²) in [7, 11) is -1.23. The Balaban J connectivity index is 4.74. The molecule has 0 saturated heterocycles. The Kier molecular flexibility index (Phi) is 4.82. The van der Waals surface area contributed by atoms with E-state index in [1.54, 1.807) is 0 Å². The van der Waals surface area contributed by atoms with Crippen molar-refractivity contribution in [2.75, 3.05) is 6.61 Å². The molecule has 0 rings (SSSR count). The van der Waals surface area contributed by atoms with Gasteiger partial charge < -0.3 is 4.43 Å². The largest absolute Gasteiger partial charge is 0.406 e. The third-order valence-corrected chi connectivity index (χ3v) is 5.31. The van der Waals surface area contributed by atoms with Gasteiger partial charge in [0.25, 0.3) is 9.20 Å². The number of rotatable bonds is 3. The van der Waals surface area contributed by atoms with E-state index in [1.807, 2.05) is 0 Å². The summed E-state index contributed by atoms with van der Waals surface area (Å²) in [5, 5.41) is 0. The molecule has 0 saturated carbocycles. The molecular weight excluding hydrogens is 190 g/mol. The molecule has 0 spiro atoms. The fourth-order valence-electron chi connectivity index (χ4n) is 2.41. The van der Waals surface area contributed by atoms with Crippen LogP contribution < -0.4 is 0 Å². The average molecular weight is 217 g/mol. The molecule has 1 atom stereocenters. The molecule has 0 aliphatic carbocycles. The van der Waals surface area contributed by atoms with Gasteiger partial charge in [-0.05, 0) is 55.0 Å². The summed E-state index contributed by atoms with van der Waals surface area (Å²) in [5.74, 6) is 0. The van der Waals surface area contributed by atoms with Gasteiger partial charge in [-0.3, -0.25) is 4.57 Å². The van der Waals surface area contributed by atoms with E-state index in [-0.39, 0.29) is 11.1 Å². The number of nitrogens with zero attached hydrogens (tertiary/aromatic N) is 1. The minimum atomic E-state index is -1.23. The Labute approximate surface area is 91.4 Å². The molecular formula is C11H27NOSi. The second-order valence-electron chi connectivity index (χ2n) is 5.77. The molecule has 0 aromatic carbocycles. The fraction of sp³-hybridized carbons (Fsp3) is 1.00. The van der Waals surface area contributed by atoms with E-state index in [0.29, 0.717) is 0 Å². The maximum absolute atomic E-state index is 5.82. The first-order valence-corrected chi connectivity index (χ1v) is 7.66. The van der Waals surface area contributed by atoms with E-state index in [4.69, 9.17) is 4.43 Å². The van der Waals surface area contributed by atoms with Crippen molar-refractivity contribution in [1.29, 1.82) is 0 Å². The molecule has 0 radical (unpaired) electrons. The molecule has 0 fully saturated rings. The first-order chi connectivity index (χ1) is 6.10. The van der Waals surface area contributed by atoms with Gasteiger partial charge in [-0.2, -0.15) is 0 Å². The zero-order valence-corrected chi connectivity index (χ0v) is 12.3. The highest BCUT2D eigenvalue weighted by molar-refractivity contribution is 6.47. The van der Waals surface area contributed by atoms with Gasteiger partial charge in [0, 0.05) is 17.7 Å². The summed E-state index contributed by atoms with van der Waals surface area (Å²) >= 11 is 0. The van der Waals surface area contributed by atoms with Crippen molar-refractivity contribution in [2.24, 2.45) is 0 Å². The van der Waals surface area contributed by atoms with Gasteiger partial charge in [-0.25, -0.2) is 0 Å². The quantitative estimate of drug-likeness (QED) is 0.674. The Morgan fingerprint density at radius 3 is 1.57 bits per heavy atom. The maximum Gasteiger partial charge on any atom is 0.252 e. The van der Waals surface area contributed by atoms with Crippen molar-refractivity contribution in [3.05, 3.63) is 0 Å². The molecule has 1 unspecified atom stereocenters. The fourth-order valence-corrected chi connectivity index (χ4v) is 5.23. The second-order valence-corrected chi connectivity index (χ2v) is 7.81. The summed E-state index contributed by atoms with van der Waals surface area (Å²) in [6.07, 6.45) is 0. The average Bonchev–Trinajstić information content (AvgIpc) is 1.78. The lowest BCUT2D eigenvalue weighted by Crippen LogP contribution is -2.59. The minimum Gasteiger partial charge on any atom is -0.406 e. The summed E-state index contributed by atoms with van der Waals surface area (Å²) in [5.41, 5.74) is 0.387. The van der Waals surface area contributed by atoms with Crippen molar-refractivity contribution in [2.45, 2.75) is 66.1 Å². The molecule has 0 amide bonds. The zero-order valence-electron chi connectivity index (χ0n) is 11.1. The highest BCUT2D eigenvalue weighted by atomic mass is 28.3. The van der Waals surface area contributed by atoms with E-state index in [1.165, 1.54) is 0 Å². The lowest BCUT2D eigenvalue weighted by atomic mass is 10.0. The Bertz CT molecular complexity index is 155. The lowest BCUT2D eigenvalue weighted by Gasteiger charge is -2.48. The molecule has 0 aliphatic rings. The Morgan fingerprint density at radius 1 is 1.00 bits per heavy atom. The van der Waals surface area contributed by atoms with Gasteiger partial charge in [-0.1, -0.05) is 0 Å². The van der Waals surface area contributed by atoms with E-state index in [0.717, 1.165) is 6.61 Å². The molecule has 0 heterocycles. The third kappa shape index (κ3) is 4.11. The van der Waals surface area contributed by atoms with Gasteiger partial charge in [0.15, 0.2) is 0 Å². The van der Waals surface area contributed by atoms with Crippen LogP contribution in [0.2, 0.25) is 6.55 Å². The van der Waals surface area contributed by atoms with Crippen LogP contribution in [0.3, 0.4) is 0 Å². The third-order valence-electron chi connectivity index (χ3n) is 2.22. The van der Waals surface area contributed by atoms with Gasteiger partial charge in [0.05, 0.1) is 0 Å². The first kappa shape index (κ1) is 14.1. The maximum atomic E-state index is 5.82. The highest BCUT2D eigenvalue weighted by Gasteiger charge is 2.36. The molecule has 0 N–H and O–H groups in total. The van der Waals surface area contributed by atoms with Crippen LogP contribution in [0.1, 0.15) is 48.5 Å². The van der Waals surface area contributed by atoms with Crippen molar-refractivity contribution in [3.8, 4) is 0 Å². The SMILES string of the molecule is CCO[SiH](C)N(C(C)(C)C)C(C)(C)C. The summed E-state index contributed by atoms with van der Waals surface area (Å²) in [6, 6.07) is 0. The standard InChI is InChI=1S/C11H27NOSi/c1-9-13-14(8)12(10(2,3)4)11(5,6)7/h14H,9H2,1-8H3. The molecule has 3 heteroatoms. The predicted molar refractivity (Wildman–Crippen MR) is 66.0 cm³/mol. The summed E-state index contributed by atoms with van der Waals surface area (Å²) < 4.78 is 8.37. The topological polar surface area (TPSA) is 12.5 Å². The van der Waals surface area contributed by atoms with E-state index >= 15 is 0 Å². The highest BCUT2D eigenvalue weighted by Crippen LogP contribution is 2.26. The monoisotopic (exact) mass is 217 g/mol. The minimum absolute atomic E-state index is 0.194. The summed E-state index contributed by atoms with van der Waals surface area (Å²) in [6.45, 7) is 18.8. The van der Waals surface area contributed by atoms with Crippen LogP contribution in [0.4, 0.5) is 0 Å². The van der Waals surface area contributed by atoms with Gasteiger partial charge >= 0.3 is 0 Å². The molecule has 2 nitrogen and oxygen atoms in total. The predicted octanol–water partition coefficient (Wildman–Crippen LogP) is 2.77. The van der Waals surface area contributed by atoms with Gasteiger partial charge in [0.2, 0.25) is 0 Å². The van der Waals surface area contributed by atoms with Crippen LogP contribution >= 0.6 is 0 Å². The van der Waals surface area contributed by atoms with Crippen molar-refractivity contribution >= 4 is 9.20 Å². The van der Waals surface area contributed by atoms with Crippen molar-refractivity contribution in [3.63, 3.8) is 0 Å². The van der Waals surface area contributed by atoms with Crippen molar-refractivity contribution < 1.29 is 4.43 Å². The first-order valence-electron chi connectivity index (χ1n) is 5.51. The van der Waals surface area contributed by atoms with Crippen LogP contribution in [-0.4, -0.2) is 31.5 Å². The molecule has 14 heavy (non-hydrogen) atoms. The number of hydrogen-bond donors (Lipinski definition) is 0. The molecule has 0 aromatic rings. The van der Waals surface area contributed by atoms with E-state index < -0.39 is 9.20 Å². The van der Waals surface area contributed by atoms with Crippen LogP contribution in [-0.2, 0) is 4.43 Å². The number of hydrogen-bond acceptors (Lipinski definition) is 2. The Hall–Kier alpha value is 0.137. The van der Waals surface area contributed by atoms with Crippen LogP contribution in [0.25, 0.3) is 0 Å². The van der Waals surface area contributed by atoms with Gasteiger partial charge in [-0.15, -0.1) is 0 Å². The van der Waals surface area contributed by atoms with Crippen LogP contribution in [0.15, 0.2) is 0 Å². The normalized spacial score (nSPS) is 16.1. The van der Waals surface area contributed by atoms with Gasteiger partial charge in [0.1, 0.15) is 0 Å². The molecule has 0 aliphatic heterocycles. The van der Waals surface area contributed by atoms with E-state index in [2.05, 4.69) is 59.6 Å². The molecule has 0 bridgehead atoms. The zero-order chi connectivity index (χ0) is 11.6. The van der Waals surface area contributed by atoms with E-state index in [9.17, 15) is 0 Å². The second kappa shape index (κ2) is 4.77. The molecule has 0 aromatic heterocycles. The van der Waals surface area contributed by atoms with Crippen molar-refractivity contribution in [1.82, 2.24) is 4.57 Å². The smallest absolute Gasteiger partial charge is 0.252 e. The summed E-state index contributed by atoms with van der Waals surface area (Å²) in [4.78, 5) is 0. The lowest BCUT2D eigenvalue weighted by molar-refractivity contribution is 0.102. The van der Waals surface area contributed by atoms with Crippen LogP contribution in [0, 0.1) is 0 Å². The van der Waals surface area contributed by atoms with Crippen LogP contribution in [0.5, 0.6) is 0 Å². The molecule has 86 valence electrons. The Morgan fingerprint density at radius 2 is 1.36 bits per heavy atom.